The zero-order valence-electron chi connectivity index (χ0n) is 21.1. The fraction of sp³-hybridized carbons (Fsp3) is 0.214. The van der Waals surface area contributed by atoms with Crippen LogP contribution in [0.5, 0.6) is 5.75 Å². The minimum absolute atomic E-state index is 0. The van der Waals surface area contributed by atoms with Crippen molar-refractivity contribution < 1.29 is 30.0 Å². The number of rotatable bonds is 8. The Bertz CT molecular complexity index is 1230. The number of carboxylic acids is 2. The van der Waals surface area contributed by atoms with Gasteiger partial charge in [-0.15, -0.1) is 11.8 Å². The van der Waals surface area contributed by atoms with E-state index in [9.17, 15) is 9.59 Å². The van der Waals surface area contributed by atoms with Gasteiger partial charge in [-0.05, 0) is 73.3 Å². The second-order valence-electron chi connectivity index (χ2n) is 8.43. The van der Waals surface area contributed by atoms with Crippen molar-refractivity contribution in [1.82, 2.24) is 4.90 Å². The van der Waals surface area contributed by atoms with Gasteiger partial charge in [0, 0.05) is 40.1 Å². The molecule has 0 bridgehead atoms. The van der Waals surface area contributed by atoms with Gasteiger partial charge in [0.05, 0.1) is 6.04 Å². The molecular formula is C28H31ClN2O6S. The molecule has 3 aromatic rings. The Morgan fingerprint density at radius 1 is 1.03 bits per heavy atom. The molecule has 0 amide bonds. The quantitative estimate of drug-likeness (QED) is 0.330. The van der Waals surface area contributed by atoms with Crippen molar-refractivity contribution >= 4 is 41.0 Å². The molecule has 0 fully saturated rings. The topological polar surface area (TPSA) is 131 Å². The predicted octanol–water partition coefficient (Wildman–Crippen LogP) is 4.97. The number of halogens is 1. The van der Waals surface area contributed by atoms with E-state index in [1.165, 1.54) is 21.6 Å². The summed E-state index contributed by atoms with van der Waals surface area (Å²) in [6.45, 7) is 1.58. The van der Waals surface area contributed by atoms with E-state index in [4.69, 9.17) is 26.6 Å². The number of nitrogens with one attached hydrogen (secondary N) is 1. The van der Waals surface area contributed by atoms with Crippen molar-refractivity contribution in [3.63, 3.8) is 0 Å². The second-order valence-corrected chi connectivity index (χ2v) is 9.89. The highest BCUT2D eigenvalue weighted by Crippen LogP contribution is 2.42. The number of benzene rings is 3. The molecule has 202 valence electrons. The maximum absolute atomic E-state index is 9.55. The van der Waals surface area contributed by atoms with Gasteiger partial charge in [0.15, 0.2) is 0 Å². The Morgan fingerprint density at radius 3 is 2.32 bits per heavy atom. The van der Waals surface area contributed by atoms with E-state index < -0.39 is 11.9 Å². The van der Waals surface area contributed by atoms with Gasteiger partial charge in [-0.3, -0.25) is 0 Å². The van der Waals surface area contributed by atoms with E-state index in [1.807, 2.05) is 44.1 Å². The SMILES string of the molecule is CN(C)CCOc1ccc(NC2c3ccccc3CSc3ccc(Cl)cc32)cc1.O.O=C(O)/C=C\C(=O)O. The predicted molar refractivity (Wildman–Crippen MR) is 151 cm³/mol. The first-order valence-electron chi connectivity index (χ1n) is 11.5. The summed E-state index contributed by atoms with van der Waals surface area (Å²) in [6.07, 6.45) is 1.12. The van der Waals surface area contributed by atoms with Gasteiger partial charge in [0.25, 0.3) is 0 Å². The molecule has 1 heterocycles. The molecule has 0 saturated heterocycles. The van der Waals surface area contributed by atoms with Crippen LogP contribution >= 0.6 is 23.4 Å². The van der Waals surface area contributed by atoms with Crippen LogP contribution in [-0.4, -0.2) is 59.8 Å². The van der Waals surface area contributed by atoms with E-state index in [-0.39, 0.29) is 11.5 Å². The molecule has 8 nitrogen and oxygen atoms in total. The fourth-order valence-corrected chi connectivity index (χ4v) is 4.87. The molecule has 0 saturated carbocycles. The molecule has 1 atom stereocenters. The van der Waals surface area contributed by atoms with Gasteiger partial charge in [-0.1, -0.05) is 35.9 Å². The molecule has 1 aliphatic rings. The highest BCUT2D eigenvalue weighted by atomic mass is 35.5. The Labute approximate surface area is 231 Å². The number of carboxylic acid groups (broad SMARTS) is 2. The van der Waals surface area contributed by atoms with Crippen molar-refractivity contribution in [2.24, 2.45) is 0 Å². The molecule has 10 heteroatoms. The van der Waals surface area contributed by atoms with Gasteiger partial charge < -0.3 is 30.6 Å². The molecule has 3 aromatic carbocycles. The largest absolute Gasteiger partial charge is 0.492 e. The first-order chi connectivity index (χ1) is 17.7. The van der Waals surface area contributed by atoms with Crippen LogP contribution in [0.3, 0.4) is 0 Å². The van der Waals surface area contributed by atoms with Crippen LogP contribution < -0.4 is 10.1 Å². The van der Waals surface area contributed by atoms with Crippen LogP contribution in [0.4, 0.5) is 5.69 Å². The van der Waals surface area contributed by atoms with Crippen molar-refractivity contribution in [2.45, 2.75) is 16.7 Å². The fourth-order valence-electron chi connectivity index (χ4n) is 3.60. The molecular weight excluding hydrogens is 528 g/mol. The van der Waals surface area contributed by atoms with Gasteiger partial charge >= 0.3 is 11.9 Å². The standard InChI is InChI=1S/C24H25ClN2OS.C4H4O4.H2O/c1-27(2)13-14-28-20-10-8-19(9-11-20)26-24-21-6-4-3-5-17(21)16-29-23-12-7-18(25)15-22(23)24;5-3(6)1-2-4(7)8;/h3-12,15,24,26H,13-14,16H2,1-2H3;1-2H,(H,5,6)(H,7,8);1H2/b;2-1-;. The third-order valence-electron chi connectivity index (χ3n) is 5.37. The van der Waals surface area contributed by atoms with Crippen LogP contribution in [0.25, 0.3) is 0 Å². The van der Waals surface area contributed by atoms with Crippen LogP contribution in [0.15, 0.2) is 83.8 Å². The maximum atomic E-state index is 9.55. The number of fused-ring (bicyclic) bond motifs is 2. The molecule has 1 unspecified atom stereocenters. The zero-order chi connectivity index (χ0) is 26.8. The van der Waals surface area contributed by atoms with Gasteiger partial charge in [-0.25, -0.2) is 9.59 Å². The lowest BCUT2D eigenvalue weighted by molar-refractivity contribution is -0.134. The minimum Gasteiger partial charge on any atom is -0.492 e. The Kier molecular flexibility index (Phi) is 12.2. The molecule has 4 rings (SSSR count). The number of thioether (sulfide) groups is 1. The highest BCUT2D eigenvalue weighted by molar-refractivity contribution is 7.98. The van der Waals surface area contributed by atoms with Crippen LogP contribution in [0.1, 0.15) is 22.7 Å². The number of likely N-dealkylation sites (N-methyl/N-ethyl adjacent to an activating group) is 1. The van der Waals surface area contributed by atoms with Crippen molar-refractivity contribution in [1.29, 1.82) is 0 Å². The van der Waals surface area contributed by atoms with Gasteiger partial charge in [0.1, 0.15) is 12.4 Å². The van der Waals surface area contributed by atoms with E-state index in [0.717, 1.165) is 28.8 Å². The van der Waals surface area contributed by atoms with Crippen LogP contribution in [0, 0.1) is 0 Å². The summed E-state index contributed by atoms with van der Waals surface area (Å²) in [7, 11) is 4.09. The summed E-state index contributed by atoms with van der Waals surface area (Å²) < 4.78 is 5.82. The smallest absolute Gasteiger partial charge is 0.328 e. The van der Waals surface area contributed by atoms with Crippen LogP contribution in [-0.2, 0) is 15.3 Å². The molecule has 0 aliphatic carbocycles. The van der Waals surface area contributed by atoms with Crippen molar-refractivity contribution in [3.05, 3.63) is 101 Å². The third kappa shape index (κ3) is 9.42. The number of hydrogen-bond donors (Lipinski definition) is 3. The summed E-state index contributed by atoms with van der Waals surface area (Å²) in [6, 6.07) is 23.1. The Hall–Kier alpha value is -3.50. The first-order valence-corrected chi connectivity index (χ1v) is 12.9. The average molecular weight is 559 g/mol. The summed E-state index contributed by atoms with van der Waals surface area (Å²) >= 11 is 8.23. The summed E-state index contributed by atoms with van der Waals surface area (Å²) in [5.41, 5.74) is 4.93. The molecule has 0 spiro atoms. The molecule has 5 N–H and O–H groups in total. The first kappa shape index (κ1) is 30.7. The molecule has 38 heavy (non-hydrogen) atoms. The highest BCUT2D eigenvalue weighted by Gasteiger charge is 2.24. The Balaban J connectivity index is 0.000000493. The lowest BCUT2D eigenvalue weighted by atomic mass is 9.94. The maximum Gasteiger partial charge on any atom is 0.328 e. The summed E-state index contributed by atoms with van der Waals surface area (Å²) in [4.78, 5) is 22.5. The van der Waals surface area contributed by atoms with Gasteiger partial charge in [-0.2, -0.15) is 0 Å². The third-order valence-corrected chi connectivity index (χ3v) is 6.75. The summed E-state index contributed by atoms with van der Waals surface area (Å²) in [5.74, 6) is -0.667. The second kappa shape index (κ2) is 15.0. The number of ether oxygens (including phenoxy) is 1. The van der Waals surface area contributed by atoms with E-state index in [2.05, 4.69) is 58.7 Å². The number of nitrogens with zero attached hydrogens (tertiary/aromatic N) is 1. The lowest BCUT2D eigenvalue weighted by Gasteiger charge is -2.23. The zero-order valence-corrected chi connectivity index (χ0v) is 22.6. The monoisotopic (exact) mass is 558 g/mol. The minimum atomic E-state index is -1.26. The number of hydrogen-bond acceptors (Lipinski definition) is 6. The Morgan fingerprint density at radius 2 is 1.68 bits per heavy atom. The van der Waals surface area contributed by atoms with Crippen molar-refractivity contribution in [3.8, 4) is 5.75 Å². The van der Waals surface area contributed by atoms with Crippen molar-refractivity contribution in [2.75, 3.05) is 32.6 Å². The molecule has 0 radical (unpaired) electrons. The number of aliphatic carboxylic acids is 2. The summed E-state index contributed by atoms with van der Waals surface area (Å²) in [5, 5.41) is 20.1. The van der Waals surface area contributed by atoms with Gasteiger partial charge in [0.2, 0.25) is 0 Å². The van der Waals surface area contributed by atoms with E-state index >= 15 is 0 Å². The lowest BCUT2D eigenvalue weighted by Crippen LogP contribution is -2.19. The molecule has 0 aromatic heterocycles. The van der Waals surface area contributed by atoms with Crippen LogP contribution in [0.2, 0.25) is 5.02 Å². The normalized spacial score (nSPS) is 13.7. The number of anilines is 1. The van der Waals surface area contributed by atoms with E-state index in [0.29, 0.717) is 18.8 Å². The number of carbonyl (C=O) groups is 2. The molecule has 1 aliphatic heterocycles. The van der Waals surface area contributed by atoms with E-state index in [1.54, 1.807) is 0 Å². The average Bonchev–Trinajstić information content (AvgIpc) is 3.01.